The van der Waals surface area contributed by atoms with Crippen LogP contribution in [-0.4, -0.2) is 37.3 Å². The highest BCUT2D eigenvalue weighted by Crippen LogP contribution is 2.17. The summed E-state index contributed by atoms with van der Waals surface area (Å²) in [6, 6.07) is 4.63. The Kier molecular flexibility index (Phi) is 5.62. The Morgan fingerprint density at radius 2 is 2.15 bits per heavy atom. The summed E-state index contributed by atoms with van der Waals surface area (Å²) in [4.78, 5) is 3.71. The van der Waals surface area contributed by atoms with Gasteiger partial charge in [0.25, 0.3) is 0 Å². The van der Waals surface area contributed by atoms with Gasteiger partial charge in [0.05, 0.1) is 0 Å². The van der Waals surface area contributed by atoms with Crippen LogP contribution in [0.5, 0.6) is 0 Å². The lowest BCUT2D eigenvalue weighted by atomic mass is 10.0. The monoisotopic (exact) mass is 296 g/mol. The summed E-state index contributed by atoms with van der Waals surface area (Å²) in [5.41, 5.74) is 5.83. The number of sulfonamides is 1. The second-order valence-corrected chi connectivity index (χ2v) is 7.00. The standard InChI is InChI=1S/C13H20N4O2S/c1-10(2)11(15)6-8-17(3)20(18,19)13-5-4-7-16-12(13)9-14/h4-5,7,10-11H,6,8,15H2,1-3H3. The van der Waals surface area contributed by atoms with Gasteiger partial charge in [0.2, 0.25) is 10.0 Å². The molecule has 0 aliphatic carbocycles. The Labute approximate surface area is 120 Å². The van der Waals surface area contributed by atoms with Gasteiger partial charge in [-0.25, -0.2) is 17.7 Å². The molecule has 1 aromatic heterocycles. The highest BCUT2D eigenvalue weighted by atomic mass is 32.2. The number of pyridine rings is 1. The van der Waals surface area contributed by atoms with Crippen LogP contribution < -0.4 is 5.73 Å². The summed E-state index contributed by atoms with van der Waals surface area (Å²) in [5.74, 6) is 0.291. The van der Waals surface area contributed by atoms with Gasteiger partial charge in [-0.1, -0.05) is 13.8 Å². The molecule has 110 valence electrons. The zero-order valence-corrected chi connectivity index (χ0v) is 12.8. The van der Waals surface area contributed by atoms with Gasteiger partial charge in [-0.15, -0.1) is 0 Å². The van der Waals surface area contributed by atoms with Crippen molar-refractivity contribution in [1.82, 2.24) is 9.29 Å². The summed E-state index contributed by atoms with van der Waals surface area (Å²) >= 11 is 0. The minimum absolute atomic E-state index is 0.0583. The molecule has 0 saturated carbocycles. The van der Waals surface area contributed by atoms with E-state index >= 15 is 0 Å². The molecule has 0 aliphatic rings. The maximum Gasteiger partial charge on any atom is 0.245 e. The van der Waals surface area contributed by atoms with Crippen LogP contribution in [0, 0.1) is 17.2 Å². The van der Waals surface area contributed by atoms with E-state index in [0.29, 0.717) is 18.9 Å². The number of nitrogens with two attached hydrogens (primary N) is 1. The molecule has 1 heterocycles. The second kappa shape index (κ2) is 6.79. The van der Waals surface area contributed by atoms with Crippen molar-refractivity contribution in [2.24, 2.45) is 11.7 Å². The molecule has 1 rings (SSSR count). The first-order valence-electron chi connectivity index (χ1n) is 6.37. The van der Waals surface area contributed by atoms with Crippen molar-refractivity contribution in [1.29, 1.82) is 5.26 Å². The lowest BCUT2D eigenvalue weighted by molar-refractivity contribution is 0.397. The lowest BCUT2D eigenvalue weighted by Crippen LogP contribution is -2.35. The van der Waals surface area contributed by atoms with E-state index in [9.17, 15) is 8.42 Å². The average molecular weight is 296 g/mol. The number of nitrogens with zero attached hydrogens (tertiary/aromatic N) is 3. The molecule has 1 unspecified atom stereocenters. The maximum absolute atomic E-state index is 12.4. The van der Waals surface area contributed by atoms with Crippen LogP contribution in [0.25, 0.3) is 0 Å². The van der Waals surface area contributed by atoms with E-state index in [1.54, 1.807) is 6.07 Å². The van der Waals surface area contributed by atoms with Crippen LogP contribution >= 0.6 is 0 Å². The topological polar surface area (TPSA) is 100 Å². The average Bonchev–Trinajstić information content (AvgIpc) is 2.43. The fourth-order valence-corrected chi connectivity index (χ4v) is 2.91. The molecule has 7 heteroatoms. The van der Waals surface area contributed by atoms with Crippen LogP contribution in [0.2, 0.25) is 0 Å². The first-order valence-corrected chi connectivity index (χ1v) is 7.81. The molecule has 0 saturated heterocycles. The predicted molar refractivity (Wildman–Crippen MR) is 76.2 cm³/mol. The Bertz CT molecular complexity index is 593. The molecule has 0 aromatic carbocycles. The van der Waals surface area contributed by atoms with Crippen LogP contribution in [0.3, 0.4) is 0 Å². The minimum atomic E-state index is -3.71. The van der Waals surface area contributed by atoms with E-state index in [1.165, 1.54) is 29.7 Å². The Hall–Kier alpha value is -1.49. The van der Waals surface area contributed by atoms with E-state index in [-0.39, 0.29) is 16.6 Å². The van der Waals surface area contributed by atoms with Gasteiger partial charge < -0.3 is 5.73 Å². The Morgan fingerprint density at radius 3 is 2.70 bits per heavy atom. The first kappa shape index (κ1) is 16.6. The number of hydrogen-bond donors (Lipinski definition) is 1. The summed E-state index contributed by atoms with van der Waals surface area (Å²) < 4.78 is 26.0. The van der Waals surface area contributed by atoms with E-state index in [1.807, 2.05) is 13.8 Å². The summed E-state index contributed by atoms with van der Waals surface area (Å²) in [7, 11) is -2.23. The van der Waals surface area contributed by atoms with Crippen LogP contribution in [0.1, 0.15) is 26.0 Å². The molecular formula is C13H20N4O2S. The van der Waals surface area contributed by atoms with Crippen LogP contribution in [0.4, 0.5) is 0 Å². The van der Waals surface area contributed by atoms with Crippen molar-refractivity contribution in [3.63, 3.8) is 0 Å². The normalized spacial score (nSPS) is 13.4. The van der Waals surface area contributed by atoms with Gasteiger partial charge in [-0.2, -0.15) is 5.26 Å². The zero-order chi connectivity index (χ0) is 15.3. The number of aromatic nitrogens is 1. The quantitative estimate of drug-likeness (QED) is 0.842. The highest BCUT2D eigenvalue weighted by molar-refractivity contribution is 7.89. The maximum atomic E-state index is 12.4. The molecule has 0 radical (unpaired) electrons. The Balaban J connectivity index is 2.91. The van der Waals surface area contributed by atoms with E-state index < -0.39 is 10.0 Å². The van der Waals surface area contributed by atoms with Gasteiger partial charge in [0, 0.05) is 25.8 Å². The molecule has 0 aliphatic heterocycles. The molecule has 20 heavy (non-hydrogen) atoms. The third kappa shape index (κ3) is 3.76. The molecule has 2 N–H and O–H groups in total. The van der Waals surface area contributed by atoms with Crippen molar-refractivity contribution in [3.8, 4) is 6.07 Å². The molecule has 0 amide bonds. The van der Waals surface area contributed by atoms with Crippen molar-refractivity contribution in [3.05, 3.63) is 24.0 Å². The number of nitriles is 1. The van der Waals surface area contributed by atoms with Crippen molar-refractivity contribution < 1.29 is 8.42 Å². The second-order valence-electron chi connectivity index (χ2n) is 4.99. The first-order chi connectivity index (χ1) is 9.30. The SMILES string of the molecule is CC(C)C(N)CCN(C)S(=O)(=O)c1cccnc1C#N. The number of rotatable bonds is 6. The van der Waals surface area contributed by atoms with E-state index in [0.717, 1.165) is 0 Å². The molecule has 1 atom stereocenters. The van der Waals surface area contributed by atoms with Gasteiger partial charge in [0.15, 0.2) is 5.69 Å². The zero-order valence-electron chi connectivity index (χ0n) is 11.9. The van der Waals surface area contributed by atoms with E-state index in [2.05, 4.69) is 4.98 Å². The predicted octanol–water partition coefficient (Wildman–Crippen LogP) is 0.947. The van der Waals surface area contributed by atoms with Gasteiger partial charge in [-0.3, -0.25) is 0 Å². The largest absolute Gasteiger partial charge is 0.327 e. The van der Waals surface area contributed by atoms with Crippen molar-refractivity contribution >= 4 is 10.0 Å². The fourth-order valence-electron chi connectivity index (χ4n) is 1.63. The number of hydrogen-bond acceptors (Lipinski definition) is 5. The van der Waals surface area contributed by atoms with Gasteiger partial charge >= 0.3 is 0 Å². The highest BCUT2D eigenvalue weighted by Gasteiger charge is 2.25. The molecule has 0 fully saturated rings. The molecule has 0 spiro atoms. The molecular weight excluding hydrogens is 276 g/mol. The van der Waals surface area contributed by atoms with Crippen LogP contribution in [-0.2, 0) is 10.0 Å². The van der Waals surface area contributed by atoms with Crippen molar-refractivity contribution in [2.75, 3.05) is 13.6 Å². The molecule has 6 nitrogen and oxygen atoms in total. The Morgan fingerprint density at radius 1 is 1.50 bits per heavy atom. The minimum Gasteiger partial charge on any atom is -0.327 e. The third-order valence-corrected chi connectivity index (χ3v) is 5.09. The van der Waals surface area contributed by atoms with Crippen molar-refractivity contribution in [2.45, 2.75) is 31.2 Å². The smallest absolute Gasteiger partial charge is 0.245 e. The summed E-state index contributed by atoms with van der Waals surface area (Å²) in [5, 5.41) is 8.94. The summed E-state index contributed by atoms with van der Waals surface area (Å²) in [6.07, 6.45) is 1.96. The lowest BCUT2D eigenvalue weighted by Gasteiger charge is -2.21. The van der Waals surface area contributed by atoms with Crippen LogP contribution in [0.15, 0.2) is 23.2 Å². The fraction of sp³-hybridized carbons (Fsp3) is 0.538. The van der Waals surface area contributed by atoms with Gasteiger partial charge in [-0.05, 0) is 24.5 Å². The van der Waals surface area contributed by atoms with Gasteiger partial charge in [0.1, 0.15) is 11.0 Å². The molecule has 0 bridgehead atoms. The summed E-state index contributed by atoms with van der Waals surface area (Å²) in [6.45, 7) is 4.30. The third-order valence-electron chi connectivity index (χ3n) is 3.20. The molecule has 1 aromatic rings. The van der Waals surface area contributed by atoms with E-state index in [4.69, 9.17) is 11.0 Å².